The zero-order valence-corrected chi connectivity index (χ0v) is 9.56. The predicted octanol–water partition coefficient (Wildman–Crippen LogP) is 1.45. The van der Waals surface area contributed by atoms with Gasteiger partial charge in [-0.15, -0.1) is 10.2 Å². The number of anilines is 2. The topological polar surface area (TPSA) is 82.8 Å². The van der Waals surface area contributed by atoms with Crippen LogP contribution in [0.25, 0.3) is 11.4 Å². The first-order valence-electron chi connectivity index (χ1n) is 5.82. The summed E-state index contributed by atoms with van der Waals surface area (Å²) in [4.78, 5) is 0. The number of nitrogens with two attached hydrogens (primary N) is 2. The van der Waals surface area contributed by atoms with Crippen molar-refractivity contribution < 1.29 is 0 Å². The van der Waals surface area contributed by atoms with Crippen molar-refractivity contribution in [1.29, 1.82) is 0 Å². The van der Waals surface area contributed by atoms with Gasteiger partial charge in [-0.1, -0.05) is 0 Å². The minimum atomic E-state index is 0.660. The number of aryl methyl sites for hydroxylation is 1. The average molecular weight is 229 g/mol. The van der Waals surface area contributed by atoms with Crippen molar-refractivity contribution in [3.63, 3.8) is 0 Å². The van der Waals surface area contributed by atoms with Gasteiger partial charge in [0.25, 0.3) is 0 Å². The summed E-state index contributed by atoms with van der Waals surface area (Å²) in [5.41, 5.74) is 13.9. The quantitative estimate of drug-likeness (QED) is 0.725. The van der Waals surface area contributed by atoms with Crippen molar-refractivity contribution >= 4 is 11.4 Å². The van der Waals surface area contributed by atoms with Gasteiger partial charge < -0.3 is 16.0 Å². The van der Waals surface area contributed by atoms with E-state index in [1.54, 1.807) is 6.07 Å². The van der Waals surface area contributed by atoms with Crippen molar-refractivity contribution in [3.8, 4) is 11.4 Å². The molecule has 0 saturated carbocycles. The van der Waals surface area contributed by atoms with Crippen molar-refractivity contribution in [2.24, 2.45) is 0 Å². The Morgan fingerprint density at radius 1 is 1.00 bits per heavy atom. The Bertz CT molecular complexity index is 538. The van der Waals surface area contributed by atoms with Crippen LogP contribution < -0.4 is 11.5 Å². The number of hydrogen-bond donors (Lipinski definition) is 2. The van der Waals surface area contributed by atoms with Gasteiger partial charge in [0.1, 0.15) is 5.82 Å². The lowest BCUT2D eigenvalue weighted by atomic mass is 10.1. The Balaban J connectivity index is 2.11. The minimum Gasteiger partial charge on any atom is -0.399 e. The van der Waals surface area contributed by atoms with Crippen LogP contribution in [0.4, 0.5) is 11.4 Å². The van der Waals surface area contributed by atoms with Gasteiger partial charge in [-0.2, -0.15) is 0 Å². The Kier molecular flexibility index (Phi) is 2.24. The van der Waals surface area contributed by atoms with Gasteiger partial charge in [-0.3, -0.25) is 0 Å². The zero-order chi connectivity index (χ0) is 11.8. The fourth-order valence-electron chi connectivity index (χ4n) is 2.33. The van der Waals surface area contributed by atoms with Crippen molar-refractivity contribution in [2.45, 2.75) is 25.8 Å². The van der Waals surface area contributed by atoms with Gasteiger partial charge in [-0.05, 0) is 31.0 Å². The SMILES string of the molecule is Nc1cc(N)cc(-c2nnc3n2CCCC3)c1. The molecule has 1 aliphatic heterocycles. The lowest BCUT2D eigenvalue weighted by molar-refractivity contribution is 0.526. The lowest BCUT2D eigenvalue weighted by Crippen LogP contribution is -2.11. The highest BCUT2D eigenvalue weighted by Crippen LogP contribution is 2.26. The van der Waals surface area contributed by atoms with Gasteiger partial charge in [-0.25, -0.2) is 0 Å². The van der Waals surface area contributed by atoms with E-state index in [1.807, 2.05) is 12.1 Å². The number of benzene rings is 1. The number of rotatable bonds is 1. The molecule has 0 amide bonds. The molecule has 0 spiro atoms. The summed E-state index contributed by atoms with van der Waals surface area (Å²) < 4.78 is 2.16. The molecule has 3 rings (SSSR count). The number of fused-ring (bicyclic) bond motifs is 1. The molecule has 1 aromatic heterocycles. The minimum absolute atomic E-state index is 0.660. The molecule has 2 aromatic rings. The summed E-state index contributed by atoms with van der Waals surface area (Å²) in [6.07, 6.45) is 3.37. The van der Waals surface area contributed by atoms with Crippen LogP contribution in [0.15, 0.2) is 18.2 Å². The Morgan fingerprint density at radius 3 is 2.53 bits per heavy atom. The van der Waals surface area contributed by atoms with Gasteiger partial charge in [0.15, 0.2) is 5.82 Å². The molecule has 0 radical (unpaired) electrons. The molecule has 88 valence electrons. The van der Waals surface area contributed by atoms with Gasteiger partial charge in [0, 0.05) is 29.9 Å². The van der Waals surface area contributed by atoms with Crippen LogP contribution in [0.2, 0.25) is 0 Å². The summed E-state index contributed by atoms with van der Waals surface area (Å²) in [6.45, 7) is 0.979. The van der Waals surface area contributed by atoms with E-state index in [1.165, 1.54) is 12.8 Å². The third kappa shape index (κ3) is 1.73. The largest absolute Gasteiger partial charge is 0.399 e. The van der Waals surface area contributed by atoms with E-state index < -0.39 is 0 Å². The van der Waals surface area contributed by atoms with Crippen molar-refractivity contribution in [2.75, 3.05) is 11.5 Å². The Hall–Kier alpha value is -2.04. The Labute approximate surface area is 99.4 Å². The van der Waals surface area contributed by atoms with E-state index >= 15 is 0 Å². The third-order valence-corrected chi connectivity index (χ3v) is 3.10. The molecule has 0 bridgehead atoms. The molecular weight excluding hydrogens is 214 g/mol. The van der Waals surface area contributed by atoms with Crippen molar-refractivity contribution in [1.82, 2.24) is 14.8 Å². The molecule has 0 aliphatic carbocycles. The molecule has 1 aliphatic rings. The maximum absolute atomic E-state index is 5.80. The molecule has 4 N–H and O–H groups in total. The number of hydrogen-bond acceptors (Lipinski definition) is 4. The molecule has 0 unspecified atom stereocenters. The second-order valence-corrected chi connectivity index (χ2v) is 4.44. The maximum Gasteiger partial charge on any atom is 0.164 e. The molecule has 17 heavy (non-hydrogen) atoms. The normalized spacial score (nSPS) is 14.6. The first-order valence-corrected chi connectivity index (χ1v) is 5.82. The number of aromatic nitrogens is 3. The van der Waals surface area contributed by atoms with Crippen LogP contribution in [-0.2, 0) is 13.0 Å². The first kappa shape index (κ1) is 10.1. The van der Waals surface area contributed by atoms with Gasteiger partial charge >= 0.3 is 0 Å². The van der Waals surface area contributed by atoms with E-state index in [9.17, 15) is 0 Å². The van der Waals surface area contributed by atoms with E-state index in [0.29, 0.717) is 11.4 Å². The standard InChI is InChI=1S/C12H15N5/c13-9-5-8(6-10(14)7-9)12-16-15-11-3-1-2-4-17(11)12/h5-7H,1-4,13-14H2. The molecule has 5 heteroatoms. The van der Waals surface area contributed by atoms with Crippen LogP contribution >= 0.6 is 0 Å². The fourth-order valence-corrected chi connectivity index (χ4v) is 2.33. The summed E-state index contributed by atoms with van der Waals surface area (Å²) in [5, 5.41) is 8.48. The van der Waals surface area contributed by atoms with E-state index in [2.05, 4.69) is 14.8 Å². The smallest absolute Gasteiger partial charge is 0.164 e. The Morgan fingerprint density at radius 2 is 1.76 bits per heavy atom. The molecule has 0 fully saturated rings. The molecule has 5 nitrogen and oxygen atoms in total. The van der Waals surface area contributed by atoms with Crippen LogP contribution in [0.5, 0.6) is 0 Å². The molecule has 0 atom stereocenters. The third-order valence-electron chi connectivity index (χ3n) is 3.10. The second kappa shape index (κ2) is 3.76. The monoisotopic (exact) mass is 229 g/mol. The van der Waals surface area contributed by atoms with Crippen LogP contribution in [0.3, 0.4) is 0 Å². The predicted molar refractivity (Wildman–Crippen MR) is 67.2 cm³/mol. The summed E-state index contributed by atoms with van der Waals surface area (Å²) >= 11 is 0. The summed E-state index contributed by atoms with van der Waals surface area (Å²) in [5.74, 6) is 1.94. The number of nitrogens with zero attached hydrogens (tertiary/aromatic N) is 3. The van der Waals surface area contributed by atoms with Crippen LogP contribution in [0.1, 0.15) is 18.7 Å². The second-order valence-electron chi connectivity index (χ2n) is 4.44. The number of nitrogen functional groups attached to an aromatic ring is 2. The van der Waals surface area contributed by atoms with Crippen LogP contribution in [0, 0.1) is 0 Å². The van der Waals surface area contributed by atoms with Crippen LogP contribution in [-0.4, -0.2) is 14.8 Å². The highest BCUT2D eigenvalue weighted by Gasteiger charge is 2.17. The van der Waals surface area contributed by atoms with Gasteiger partial charge in [0.2, 0.25) is 0 Å². The van der Waals surface area contributed by atoms with Crippen molar-refractivity contribution in [3.05, 3.63) is 24.0 Å². The fraction of sp³-hybridized carbons (Fsp3) is 0.333. The summed E-state index contributed by atoms with van der Waals surface area (Å²) in [6, 6.07) is 5.53. The summed E-state index contributed by atoms with van der Waals surface area (Å²) in [7, 11) is 0. The van der Waals surface area contributed by atoms with E-state index in [-0.39, 0.29) is 0 Å². The zero-order valence-electron chi connectivity index (χ0n) is 9.56. The molecule has 0 saturated heterocycles. The lowest BCUT2D eigenvalue weighted by Gasteiger charge is -2.15. The highest BCUT2D eigenvalue weighted by molar-refractivity contribution is 5.68. The molecular formula is C12H15N5. The van der Waals surface area contributed by atoms with E-state index in [4.69, 9.17) is 11.5 Å². The molecule has 1 aromatic carbocycles. The maximum atomic E-state index is 5.80. The average Bonchev–Trinajstić information content (AvgIpc) is 2.71. The highest BCUT2D eigenvalue weighted by atomic mass is 15.3. The van der Waals surface area contributed by atoms with E-state index in [0.717, 1.165) is 30.2 Å². The first-order chi connectivity index (χ1) is 8.24. The molecule has 2 heterocycles. The van der Waals surface area contributed by atoms with Gasteiger partial charge in [0.05, 0.1) is 0 Å².